The molecule has 0 spiro atoms. The maximum absolute atomic E-state index is 11.7. The van der Waals surface area contributed by atoms with Gasteiger partial charge in [0.2, 0.25) is 5.91 Å². The molecule has 1 saturated heterocycles. The molecule has 5 nitrogen and oxygen atoms in total. The van der Waals surface area contributed by atoms with E-state index in [9.17, 15) is 9.59 Å². The molecule has 0 aromatic carbocycles. The molecule has 0 saturated carbocycles. The Labute approximate surface area is 95.5 Å². The van der Waals surface area contributed by atoms with Gasteiger partial charge in [-0.25, -0.2) is 0 Å². The average molecular weight is 229 g/mol. The van der Waals surface area contributed by atoms with Crippen LogP contribution in [0.3, 0.4) is 0 Å². The monoisotopic (exact) mass is 229 g/mol. The minimum atomic E-state index is -0.310. The molecule has 1 amide bonds. The number of hydrogen-bond acceptors (Lipinski definition) is 4. The number of nitrogens with one attached hydrogen (secondary N) is 1. The number of ether oxygens (including phenoxy) is 2. The van der Waals surface area contributed by atoms with E-state index in [0.29, 0.717) is 13.2 Å². The Morgan fingerprint density at radius 1 is 1.50 bits per heavy atom. The molecule has 1 aliphatic heterocycles. The van der Waals surface area contributed by atoms with E-state index < -0.39 is 0 Å². The van der Waals surface area contributed by atoms with E-state index in [4.69, 9.17) is 4.74 Å². The molecule has 92 valence electrons. The number of methoxy groups -OCH3 is 1. The lowest BCUT2D eigenvalue weighted by Gasteiger charge is -2.16. The fourth-order valence-electron chi connectivity index (χ4n) is 1.87. The number of esters is 1. The Kier molecular flexibility index (Phi) is 5.25. The number of hydrogen-bond donors (Lipinski definition) is 1. The predicted octanol–water partition coefficient (Wildman–Crippen LogP) is 0.481. The molecule has 1 aliphatic rings. The molecule has 1 fully saturated rings. The second kappa shape index (κ2) is 6.48. The van der Waals surface area contributed by atoms with Crippen LogP contribution in [0.1, 0.15) is 26.2 Å². The summed E-state index contributed by atoms with van der Waals surface area (Å²) in [5.74, 6) is -0.397. The minimum Gasteiger partial charge on any atom is -0.469 e. The van der Waals surface area contributed by atoms with Gasteiger partial charge in [-0.2, -0.15) is 0 Å². The molecular weight excluding hydrogens is 210 g/mol. The van der Waals surface area contributed by atoms with Crippen LogP contribution >= 0.6 is 0 Å². The second-order valence-corrected chi connectivity index (χ2v) is 3.83. The van der Waals surface area contributed by atoms with Crippen molar-refractivity contribution in [2.45, 2.75) is 32.3 Å². The Bertz CT molecular complexity index is 254. The first-order valence-corrected chi connectivity index (χ1v) is 5.65. The van der Waals surface area contributed by atoms with Crippen molar-refractivity contribution in [3.8, 4) is 0 Å². The fourth-order valence-corrected chi connectivity index (χ4v) is 1.87. The van der Waals surface area contributed by atoms with Gasteiger partial charge in [0.15, 0.2) is 0 Å². The normalized spacial score (nSPS) is 24.1. The summed E-state index contributed by atoms with van der Waals surface area (Å²) in [7, 11) is 1.34. The van der Waals surface area contributed by atoms with Gasteiger partial charge in [0.1, 0.15) is 0 Å². The molecule has 0 aromatic rings. The Balaban J connectivity index is 2.26. The fraction of sp³-hybridized carbons (Fsp3) is 0.818. The summed E-state index contributed by atoms with van der Waals surface area (Å²) < 4.78 is 9.92. The highest BCUT2D eigenvalue weighted by Crippen LogP contribution is 2.23. The lowest BCUT2D eigenvalue weighted by atomic mass is 9.99. The average Bonchev–Trinajstić information content (AvgIpc) is 2.76. The summed E-state index contributed by atoms with van der Waals surface area (Å²) in [6.45, 7) is 2.98. The van der Waals surface area contributed by atoms with Gasteiger partial charge in [0.25, 0.3) is 0 Å². The lowest BCUT2D eigenvalue weighted by molar-refractivity contribution is -0.140. The number of carbonyl (C=O) groups is 2. The molecule has 0 aromatic heterocycles. The summed E-state index contributed by atoms with van der Waals surface area (Å²) >= 11 is 0. The SMILES string of the molecule is CCC1OCCC1C(=O)NCCC(=O)OC. The molecule has 1 rings (SSSR count). The zero-order valence-corrected chi connectivity index (χ0v) is 9.82. The van der Waals surface area contributed by atoms with Gasteiger partial charge in [-0.05, 0) is 12.8 Å². The summed E-state index contributed by atoms with van der Waals surface area (Å²) in [6, 6.07) is 0. The van der Waals surface area contributed by atoms with E-state index in [2.05, 4.69) is 10.1 Å². The third-order valence-corrected chi connectivity index (χ3v) is 2.80. The minimum absolute atomic E-state index is 0.0201. The third kappa shape index (κ3) is 3.48. The van der Waals surface area contributed by atoms with Gasteiger partial charge in [0.05, 0.1) is 25.6 Å². The van der Waals surface area contributed by atoms with E-state index >= 15 is 0 Å². The van der Waals surface area contributed by atoms with E-state index in [0.717, 1.165) is 12.8 Å². The molecule has 0 radical (unpaired) electrons. The highest BCUT2D eigenvalue weighted by Gasteiger charge is 2.32. The third-order valence-electron chi connectivity index (χ3n) is 2.80. The van der Waals surface area contributed by atoms with Gasteiger partial charge >= 0.3 is 5.97 Å². The molecule has 2 unspecified atom stereocenters. The second-order valence-electron chi connectivity index (χ2n) is 3.83. The van der Waals surface area contributed by atoms with E-state index in [1.165, 1.54) is 7.11 Å². The topological polar surface area (TPSA) is 64.6 Å². The van der Waals surface area contributed by atoms with Gasteiger partial charge in [-0.15, -0.1) is 0 Å². The highest BCUT2D eigenvalue weighted by atomic mass is 16.5. The molecular formula is C11H19NO4. The van der Waals surface area contributed by atoms with Crippen molar-refractivity contribution in [2.75, 3.05) is 20.3 Å². The molecule has 0 bridgehead atoms. The van der Waals surface area contributed by atoms with Crippen LogP contribution in [0, 0.1) is 5.92 Å². The summed E-state index contributed by atoms with van der Waals surface area (Å²) in [5, 5.41) is 2.73. The van der Waals surface area contributed by atoms with Crippen LogP contribution < -0.4 is 5.32 Å². The molecule has 1 N–H and O–H groups in total. The van der Waals surface area contributed by atoms with Crippen molar-refractivity contribution < 1.29 is 19.1 Å². The van der Waals surface area contributed by atoms with Crippen LogP contribution in [-0.2, 0) is 19.1 Å². The van der Waals surface area contributed by atoms with E-state index in [1.807, 2.05) is 6.92 Å². The molecule has 16 heavy (non-hydrogen) atoms. The van der Waals surface area contributed by atoms with Gasteiger partial charge < -0.3 is 14.8 Å². The van der Waals surface area contributed by atoms with Crippen LogP contribution in [0.5, 0.6) is 0 Å². The van der Waals surface area contributed by atoms with E-state index in [1.54, 1.807) is 0 Å². The molecule has 5 heteroatoms. The standard InChI is InChI=1S/C11H19NO4/c1-3-9-8(5-7-16-9)11(14)12-6-4-10(13)15-2/h8-9H,3-7H2,1-2H3,(H,12,14). The first-order valence-electron chi connectivity index (χ1n) is 5.65. The Morgan fingerprint density at radius 3 is 2.88 bits per heavy atom. The van der Waals surface area contributed by atoms with Crippen LogP contribution in [0.25, 0.3) is 0 Å². The predicted molar refractivity (Wildman–Crippen MR) is 57.8 cm³/mol. The van der Waals surface area contributed by atoms with Crippen molar-refractivity contribution in [2.24, 2.45) is 5.92 Å². The first-order chi connectivity index (χ1) is 7.69. The van der Waals surface area contributed by atoms with Crippen LogP contribution in [0.4, 0.5) is 0 Å². The molecule has 1 heterocycles. The Hall–Kier alpha value is -1.10. The van der Waals surface area contributed by atoms with Gasteiger partial charge in [-0.1, -0.05) is 6.92 Å². The first kappa shape index (κ1) is 13.0. The highest BCUT2D eigenvalue weighted by molar-refractivity contribution is 5.80. The summed E-state index contributed by atoms with van der Waals surface area (Å²) in [4.78, 5) is 22.6. The molecule has 2 atom stereocenters. The zero-order chi connectivity index (χ0) is 12.0. The van der Waals surface area contributed by atoms with Crippen LogP contribution in [0.15, 0.2) is 0 Å². The number of carbonyl (C=O) groups excluding carboxylic acids is 2. The van der Waals surface area contributed by atoms with Gasteiger partial charge in [0, 0.05) is 13.2 Å². The van der Waals surface area contributed by atoms with Crippen LogP contribution in [-0.4, -0.2) is 38.2 Å². The zero-order valence-electron chi connectivity index (χ0n) is 9.82. The van der Waals surface area contributed by atoms with Crippen molar-refractivity contribution >= 4 is 11.9 Å². The van der Waals surface area contributed by atoms with Gasteiger partial charge in [-0.3, -0.25) is 9.59 Å². The van der Waals surface area contributed by atoms with Crippen molar-refractivity contribution in [3.05, 3.63) is 0 Å². The lowest BCUT2D eigenvalue weighted by Crippen LogP contribution is -2.36. The van der Waals surface area contributed by atoms with Crippen molar-refractivity contribution in [1.82, 2.24) is 5.32 Å². The number of amides is 1. The van der Waals surface area contributed by atoms with Crippen molar-refractivity contribution in [1.29, 1.82) is 0 Å². The van der Waals surface area contributed by atoms with Crippen LogP contribution in [0.2, 0.25) is 0 Å². The van der Waals surface area contributed by atoms with Crippen molar-refractivity contribution in [3.63, 3.8) is 0 Å². The Morgan fingerprint density at radius 2 is 2.25 bits per heavy atom. The maximum atomic E-state index is 11.7. The van der Waals surface area contributed by atoms with E-state index in [-0.39, 0.29) is 30.3 Å². The molecule has 0 aliphatic carbocycles. The number of rotatable bonds is 5. The summed E-state index contributed by atoms with van der Waals surface area (Å²) in [6.07, 6.45) is 1.85. The largest absolute Gasteiger partial charge is 0.469 e. The summed E-state index contributed by atoms with van der Waals surface area (Å²) in [5.41, 5.74) is 0. The smallest absolute Gasteiger partial charge is 0.307 e. The maximum Gasteiger partial charge on any atom is 0.307 e. The quantitative estimate of drug-likeness (QED) is 0.696.